The van der Waals surface area contributed by atoms with Gasteiger partial charge in [0.25, 0.3) is 0 Å². The van der Waals surface area contributed by atoms with E-state index < -0.39 is 0 Å². The van der Waals surface area contributed by atoms with Crippen LogP contribution in [0.3, 0.4) is 0 Å². The maximum atomic E-state index is 13.4. The minimum Gasteiger partial charge on any atom is -0.271 e. The third kappa shape index (κ3) is 3.88. The van der Waals surface area contributed by atoms with Gasteiger partial charge in [0.2, 0.25) is 0 Å². The van der Waals surface area contributed by atoms with E-state index in [0.29, 0.717) is 6.42 Å². The van der Waals surface area contributed by atoms with Gasteiger partial charge in [-0.05, 0) is 54.3 Å². The number of hydrogen-bond donors (Lipinski definition) is 2. The van der Waals surface area contributed by atoms with Gasteiger partial charge in [0.15, 0.2) is 0 Å². The number of rotatable bonds is 4. The maximum absolute atomic E-state index is 13.4. The van der Waals surface area contributed by atoms with Crippen LogP contribution in [0.2, 0.25) is 0 Å². The fourth-order valence-electron chi connectivity index (χ4n) is 2.06. The van der Waals surface area contributed by atoms with E-state index >= 15 is 0 Å². The topological polar surface area (TPSA) is 38.0 Å². The third-order valence-corrected chi connectivity index (χ3v) is 4.47. The van der Waals surface area contributed by atoms with Crippen LogP contribution in [0.5, 0.6) is 0 Å². The minimum atomic E-state index is -0.254. The molecule has 3 N–H and O–H groups in total. The molecule has 0 aromatic heterocycles. The zero-order chi connectivity index (χ0) is 14.7. The summed E-state index contributed by atoms with van der Waals surface area (Å²) in [6, 6.07) is 10.9. The van der Waals surface area contributed by atoms with Crippen molar-refractivity contribution < 1.29 is 4.39 Å². The Labute approximate surface area is 134 Å². The molecule has 106 valence electrons. The van der Waals surface area contributed by atoms with E-state index in [4.69, 9.17) is 5.84 Å². The molecule has 5 heteroatoms. The fraction of sp³-hybridized carbons (Fsp3) is 0.200. The van der Waals surface area contributed by atoms with Crippen LogP contribution in [0.25, 0.3) is 0 Å². The van der Waals surface area contributed by atoms with Gasteiger partial charge in [-0.3, -0.25) is 11.3 Å². The highest BCUT2D eigenvalue weighted by molar-refractivity contribution is 9.10. The zero-order valence-electron chi connectivity index (χ0n) is 11.0. The minimum absolute atomic E-state index is 0.0689. The van der Waals surface area contributed by atoms with E-state index in [9.17, 15) is 4.39 Å². The van der Waals surface area contributed by atoms with Crippen LogP contribution >= 0.6 is 31.9 Å². The first kappa shape index (κ1) is 15.6. The van der Waals surface area contributed by atoms with Crippen LogP contribution in [0.15, 0.2) is 45.3 Å². The van der Waals surface area contributed by atoms with Gasteiger partial charge >= 0.3 is 0 Å². The molecule has 0 amide bonds. The van der Waals surface area contributed by atoms with Crippen molar-refractivity contribution in [3.05, 3.63) is 67.9 Å². The number of hydrazine groups is 1. The lowest BCUT2D eigenvalue weighted by atomic mass is 9.98. The Hall–Kier alpha value is -0.750. The summed E-state index contributed by atoms with van der Waals surface area (Å²) in [5.41, 5.74) is 5.90. The van der Waals surface area contributed by atoms with Crippen molar-refractivity contribution in [2.24, 2.45) is 5.84 Å². The predicted molar refractivity (Wildman–Crippen MR) is 86.7 cm³/mol. The second kappa shape index (κ2) is 6.80. The summed E-state index contributed by atoms with van der Waals surface area (Å²) >= 11 is 6.82. The highest BCUT2D eigenvalue weighted by Crippen LogP contribution is 2.25. The van der Waals surface area contributed by atoms with Gasteiger partial charge in [0.05, 0.1) is 6.04 Å². The molecular formula is C15H15Br2FN2. The molecule has 0 aliphatic rings. The van der Waals surface area contributed by atoms with Gasteiger partial charge in [-0.2, -0.15) is 0 Å². The number of aryl methyl sites for hydroxylation is 1. The molecule has 0 bridgehead atoms. The van der Waals surface area contributed by atoms with Gasteiger partial charge in [-0.1, -0.05) is 44.0 Å². The molecular weight excluding hydrogens is 387 g/mol. The molecule has 0 radical (unpaired) electrons. The molecule has 2 aromatic rings. The molecule has 2 aromatic carbocycles. The number of hydrogen-bond acceptors (Lipinski definition) is 2. The molecule has 2 nitrogen and oxygen atoms in total. The van der Waals surface area contributed by atoms with Gasteiger partial charge in [-0.15, -0.1) is 0 Å². The molecule has 0 aliphatic heterocycles. The van der Waals surface area contributed by atoms with Crippen molar-refractivity contribution >= 4 is 31.9 Å². The highest BCUT2D eigenvalue weighted by atomic mass is 79.9. The summed E-state index contributed by atoms with van der Waals surface area (Å²) in [7, 11) is 0. The van der Waals surface area contributed by atoms with Gasteiger partial charge < -0.3 is 0 Å². The van der Waals surface area contributed by atoms with Crippen molar-refractivity contribution in [2.75, 3.05) is 0 Å². The average Bonchev–Trinajstić information content (AvgIpc) is 2.38. The quantitative estimate of drug-likeness (QED) is 0.588. The van der Waals surface area contributed by atoms with Crippen molar-refractivity contribution in [3.63, 3.8) is 0 Å². The Balaban J connectivity index is 2.26. The fourth-order valence-corrected chi connectivity index (χ4v) is 2.97. The third-order valence-electron chi connectivity index (χ3n) is 3.16. The molecule has 0 fully saturated rings. The van der Waals surface area contributed by atoms with Gasteiger partial charge in [-0.25, -0.2) is 4.39 Å². The molecule has 0 aliphatic carbocycles. The summed E-state index contributed by atoms with van der Waals surface area (Å²) in [5, 5.41) is 0. The normalized spacial score (nSPS) is 12.4. The van der Waals surface area contributed by atoms with Crippen molar-refractivity contribution in [1.82, 2.24) is 5.43 Å². The smallest absolute Gasteiger partial charge is 0.124 e. The largest absolute Gasteiger partial charge is 0.271 e. The monoisotopic (exact) mass is 400 g/mol. The van der Waals surface area contributed by atoms with Gasteiger partial charge in [0, 0.05) is 8.95 Å². The lowest BCUT2D eigenvalue weighted by Gasteiger charge is -2.17. The van der Waals surface area contributed by atoms with Crippen LogP contribution in [0.1, 0.15) is 22.7 Å². The zero-order valence-corrected chi connectivity index (χ0v) is 14.1. The van der Waals surface area contributed by atoms with Crippen LogP contribution in [0.4, 0.5) is 4.39 Å². The predicted octanol–water partition coefficient (Wildman–Crippen LogP) is 4.41. The maximum Gasteiger partial charge on any atom is 0.124 e. The molecule has 20 heavy (non-hydrogen) atoms. The first-order valence-corrected chi connectivity index (χ1v) is 7.75. The molecule has 1 unspecified atom stereocenters. The molecule has 0 saturated carbocycles. The first-order valence-electron chi connectivity index (χ1n) is 6.16. The van der Waals surface area contributed by atoms with E-state index in [0.717, 1.165) is 25.6 Å². The highest BCUT2D eigenvalue weighted by Gasteiger charge is 2.12. The number of nitrogens with one attached hydrogen (secondary N) is 1. The number of benzene rings is 2. The van der Waals surface area contributed by atoms with Crippen LogP contribution in [-0.4, -0.2) is 0 Å². The first-order chi connectivity index (χ1) is 9.49. The number of halogens is 3. The lowest BCUT2D eigenvalue weighted by molar-refractivity contribution is 0.548. The van der Waals surface area contributed by atoms with E-state index in [-0.39, 0.29) is 11.9 Å². The van der Waals surface area contributed by atoms with Crippen molar-refractivity contribution in [3.8, 4) is 0 Å². The molecule has 0 saturated heterocycles. The van der Waals surface area contributed by atoms with Crippen LogP contribution in [0, 0.1) is 12.7 Å². The Bertz CT molecular complexity index is 597. The number of nitrogens with two attached hydrogens (primary N) is 1. The van der Waals surface area contributed by atoms with Crippen molar-refractivity contribution in [2.45, 2.75) is 19.4 Å². The van der Waals surface area contributed by atoms with Crippen LogP contribution < -0.4 is 11.3 Å². The Morgan fingerprint density at radius 1 is 1.20 bits per heavy atom. The lowest BCUT2D eigenvalue weighted by Crippen LogP contribution is -2.29. The Kier molecular flexibility index (Phi) is 5.32. The van der Waals surface area contributed by atoms with Crippen molar-refractivity contribution in [1.29, 1.82) is 0 Å². The van der Waals surface area contributed by atoms with E-state index in [1.54, 1.807) is 0 Å². The summed E-state index contributed by atoms with van der Waals surface area (Å²) in [6.45, 7) is 2.03. The van der Waals surface area contributed by atoms with Gasteiger partial charge in [0.1, 0.15) is 5.82 Å². The Morgan fingerprint density at radius 2 is 1.95 bits per heavy atom. The Morgan fingerprint density at radius 3 is 2.55 bits per heavy atom. The van der Waals surface area contributed by atoms with E-state index in [1.165, 1.54) is 12.1 Å². The van der Waals surface area contributed by atoms with E-state index in [2.05, 4.69) is 37.3 Å². The molecule has 0 heterocycles. The second-order valence-electron chi connectivity index (χ2n) is 4.71. The summed E-state index contributed by atoms with van der Waals surface area (Å²) in [4.78, 5) is 0. The average molecular weight is 402 g/mol. The summed E-state index contributed by atoms with van der Waals surface area (Å²) in [6.07, 6.45) is 0.613. The SMILES string of the molecule is Cc1ccc(C(Cc2cc(F)cc(Br)c2)NN)cc1Br. The molecule has 1 atom stereocenters. The second-order valence-corrected chi connectivity index (χ2v) is 6.48. The molecule has 2 rings (SSSR count). The summed E-state index contributed by atoms with van der Waals surface area (Å²) in [5.74, 6) is 5.39. The standard InChI is InChI=1S/C15H15Br2FN2/c1-9-2-3-11(7-14(9)17)15(20-19)6-10-4-12(16)8-13(18)5-10/h2-5,7-8,15,20H,6,19H2,1H3. The summed E-state index contributed by atoms with van der Waals surface area (Å²) < 4.78 is 15.2. The molecule has 0 spiro atoms. The van der Waals surface area contributed by atoms with E-state index in [1.807, 2.05) is 31.2 Å². The van der Waals surface area contributed by atoms with Crippen LogP contribution in [-0.2, 0) is 6.42 Å².